The molecule has 0 saturated heterocycles. The highest BCUT2D eigenvalue weighted by atomic mass is 32.2. The van der Waals surface area contributed by atoms with Gasteiger partial charge in [-0.3, -0.25) is 0 Å². The quantitative estimate of drug-likeness (QED) is 0.605. The minimum atomic E-state index is -4.14. The summed E-state index contributed by atoms with van der Waals surface area (Å²) >= 11 is 0. The Balaban J connectivity index is 2.20. The molecule has 0 N–H and O–H groups in total. The lowest BCUT2D eigenvalue weighted by Gasteiger charge is -2.04. The second kappa shape index (κ2) is 4.99. The fraction of sp³-hybridized carbons (Fsp3) is 0.333. The van der Waals surface area contributed by atoms with E-state index in [1.54, 1.807) is 4.68 Å². The van der Waals surface area contributed by atoms with Crippen LogP contribution in [0.25, 0.3) is 10.9 Å². The summed E-state index contributed by atoms with van der Waals surface area (Å²) in [5.41, 5.74) is 1.80. The van der Waals surface area contributed by atoms with Crippen molar-refractivity contribution in [2.75, 3.05) is 5.75 Å². The monoisotopic (exact) mass is 266 g/mol. The number of aromatic nitrogens is 2. The molecule has 0 spiro atoms. The number of rotatable bonds is 4. The van der Waals surface area contributed by atoms with E-state index in [0.717, 1.165) is 16.6 Å². The second-order valence-corrected chi connectivity index (χ2v) is 5.71. The molecule has 2 aromatic rings. The van der Waals surface area contributed by atoms with Crippen LogP contribution in [0, 0.1) is 6.92 Å². The summed E-state index contributed by atoms with van der Waals surface area (Å²) in [6.07, 6.45) is 0.280. The lowest BCUT2D eigenvalue weighted by Crippen LogP contribution is -2.41. The summed E-state index contributed by atoms with van der Waals surface area (Å²) in [5.74, 6) is -0.353. The minimum Gasteiger partial charge on any atom is -0.748 e. The van der Waals surface area contributed by atoms with Crippen molar-refractivity contribution in [2.45, 2.75) is 19.9 Å². The molecule has 0 saturated carbocycles. The van der Waals surface area contributed by atoms with Crippen LogP contribution in [0.3, 0.4) is 0 Å². The summed E-state index contributed by atoms with van der Waals surface area (Å²) in [7, 11) is -4.14. The Morgan fingerprint density at radius 2 is 2.06 bits per heavy atom. The third-order valence-electron chi connectivity index (χ3n) is 2.70. The molecular formula is C12H14N2O3S. The fourth-order valence-corrected chi connectivity index (χ4v) is 2.31. The molecule has 18 heavy (non-hydrogen) atoms. The van der Waals surface area contributed by atoms with Gasteiger partial charge >= 0.3 is 0 Å². The van der Waals surface area contributed by atoms with Crippen LogP contribution in [0.4, 0.5) is 0 Å². The van der Waals surface area contributed by atoms with Crippen LogP contribution >= 0.6 is 0 Å². The van der Waals surface area contributed by atoms with Gasteiger partial charge in [0.15, 0.2) is 6.54 Å². The number of fused-ring (bicyclic) bond motifs is 1. The van der Waals surface area contributed by atoms with Gasteiger partial charge in [0.25, 0.3) is 0 Å². The normalized spacial score (nSPS) is 11.9. The summed E-state index contributed by atoms with van der Waals surface area (Å²) in [4.78, 5) is 0. The number of nitrogens with zero attached hydrogens (tertiary/aromatic N) is 2. The Kier molecular flexibility index (Phi) is 3.58. The van der Waals surface area contributed by atoms with E-state index >= 15 is 0 Å². The zero-order valence-electron chi connectivity index (χ0n) is 10.0. The Hall–Kier alpha value is -1.53. The third-order valence-corrected chi connectivity index (χ3v) is 3.49. The van der Waals surface area contributed by atoms with E-state index in [0.29, 0.717) is 6.54 Å². The molecule has 2 rings (SSSR count). The molecule has 0 aliphatic rings. The van der Waals surface area contributed by atoms with Crippen molar-refractivity contribution in [1.29, 1.82) is 0 Å². The van der Waals surface area contributed by atoms with E-state index in [-0.39, 0.29) is 12.2 Å². The average Bonchev–Trinajstić information content (AvgIpc) is 2.28. The Morgan fingerprint density at radius 1 is 1.33 bits per heavy atom. The molecule has 96 valence electrons. The van der Waals surface area contributed by atoms with Gasteiger partial charge in [-0.1, -0.05) is 22.9 Å². The van der Waals surface area contributed by atoms with Gasteiger partial charge in [-0.05, 0) is 6.07 Å². The van der Waals surface area contributed by atoms with Gasteiger partial charge < -0.3 is 4.55 Å². The van der Waals surface area contributed by atoms with Crippen molar-refractivity contribution in [1.82, 2.24) is 5.10 Å². The van der Waals surface area contributed by atoms with Crippen molar-refractivity contribution in [3.8, 4) is 0 Å². The van der Waals surface area contributed by atoms with Crippen LogP contribution in [-0.2, 0) is 16.7 Å². The van der Waals surface area contributed by atoms with Gasteiger partial charge in [0.2, 0.25) is 5.69 Å². The molecule has 0 aliphatic carbocycles. The molecule has 1 aromatic heterocycles. The van der Waals surface area contributed by atoms with Gasteiger partial charge in [0.1, 0.15) is 5.52 Å². The van der Waals surface area contributed by atoms with Crippen LogP contribution in [-0.4, -0.2) is 23.8 Å². The first-order valence-corrected chi connectivity index (χ1v) is 7.23. The van der Waals surface area contributed by atoms with E-state index < -0.39 is 10.1 Å². The van der Waals surface area contributed by atoms with Gasteiger partial charge in [0.05, 0.1) is 10.1 Å². The van der Waals surface area contributed by atoms with Crippen LogP contribution in [0.1, 0.15) is 12.1 Å². The Morgan fingerprint density at radius 3 is 2.78 bits per heavy atom. The number of aryl methyl sites for hydroxylation is 2. The number of hydrogen-bond acceptors (Lipinski definition) is 4. The Labute approximate surface area is 106 Å². The minimum absolute atomic E-state index is 0.280. The van der Waals surface area contributed by atoms with Gasteiger partial charge in [0, 0.05) is 35.6 Å². The van der Waals surface area contributed by atoms with Crippen LogP contribution in [0.15, 0.2) is 30.3 Å². The highest BCUT2D eigenvalue weighted by molar-refractivity contribution is 7.85. The maximum Gasteiger partial charge on any atom is 0.206 e. The SMILES string of the molecule is Cc1cc2ccccc2n[n+]1CCCS(=O)(=O)[O-]. The summed E-state index contributed by atoms with van der Waals surface area (Å²) in [6, 6.07) is 9.71. The molecule has 6 heteroatoms. The first kappa shape index (κ1) is 12.9. The summed E-state index contributed by atoms with van der Waals surface area (Å²) < 4.78 is 33.3. The lowest BCUT2D eigenvalue weighted by atomic mass is 10.2. The van der Waals surface area contributed by atoms with Crippen molar-refractivity contribution >= 4 is 21.0 Å². The van der Waals surface area contributed by atoms with E-state index in [2.05, 4.69) is 5.10 Å². The molecule has 0 aliphatic heterocycles. The second-order valence-electron chi connectivity index (χ2n) is 4.18. The molecule has 0 atom stereocenters. The standard InChI is InChI=1S/C12H14N2O3S/c1-10-9-11-5-2-3-6-12(11)13-14(10)7-4-8-18(15,16)17/h2-3,5-6,9H,4,7-8H2,1H3. The first-order chi connectivity index (χ1) is 8.46. The molecule has 0 unspecified atom stereocenters. The smallest absolute Gasteiger partial charge is 0.206 e. The van der Waals surface area contributed by atoms with E-state index in [1.807, 2.05) is 37.3 Å². The zero-order chi connectivity index (χ0) is 13.2. The van der Waals surface area contributed by atoms with Crippen LogP contribution in [0.5, 0.6) is 0 Å². The largest absolute Gasteiger partial charge is 0.748 e. The van der Waals surface area contributed by atoms with Crippen LogP contribution in [0.2, 0.25) is 0 Å². The molecule has 0 radical (unpaired) electrons. The molecule has 0 amide bonds. The predicted octanol–water partition coefficient (Wildman–Crippen LogP) is 0.766. The maximum absolute atomic E-state index is 10.5. The highest BCUT2D eigenvalue weighted by Crippen LogP contribution is 2.09. The van der Waals surface area contributed by atoms with Gasteiger partial charge in [-0.15, -0.1) is 0 Å². The van der Waals surface area contributed by atoms with Gasteiger partial charge in [-0.2, -0.15) is 0 Å². The first-order valence-electron chi connectivity index (χ1n) is 5.66. The highest BCUT2D eigenvalue weighted by Gasteiger charge is 2.11. The number of benzene rings is 1. The molecular weight excluding hydrogens is 252 g/mol. The molecule has 1 heterocycles. The van der Waals surface area contributed by atoms with Crippen molar-refractivity contribution in [2.24, 2.45) is 0 Å². The fourth-order valence-electron chi connectivity index (χ4n) is 1.83. The molecule has 0 bridgehead atoms. The summed E-state index contributed by atoms with van der Waals surface area (Å²) in [5, 5.41) is 5.46. The van der Waals surface area contributed by atoms with Gasteiger partial charge in [-0.25, -0.2) is 8.42 Å². The van der Waals surface area contributed by atoms with Crippen molar-refractivity contribution in [3.05, 3.63) is 36.0 Å². The molecule has 0 fully saturated rings. The lowest BCUT2D eigenvalue weighted by molar-refractivity contribution is -0.756. The number of hydrogen-bond donors (Lipinski definition) is 0. The predicted molar refractivity (Wildman–Crippen MR) is 65.9 cm³/mol. The van der Waals surface area contributed by atoms with E-state index in [1.165, 1.54) is 0 Å². The van der Waals surface area contributed by atoms with Crippen molar-refractivity contribution in [3.63, 3.8) is 0 Å². The Bertz CT molecular complexity index is 668. The summed E-state index contributed by atoms with van der Waals surface area (Å²) in [6.45, 7) is 2.34. The van der Waals surface area contributed by atoms with Crippen molar-refractivity contribution < 1.29 is 17.7 Å². The van der Waals surface area contributed by atoms with Crippen LogP contribution < -0.4 is 4.68 Å². The average molecular weight is 266 g/mol. The van der Waals surface area contributed by atoms with E-state index in [4.69, 9.17) is 0 Å². The maximum atomic E-state index is 10.5. The third kappa shape index (κ3) is 3.24. The molecule has 1 aromatic carbocycles. The zero-order valence-corrected chi connectivity index (χ0v) is 10.9. The van der Waals surface area contributed by atoms with E-state index in [9.17, 15) is 13.0 Å². The topological polar surface area (TPSA) is 74.0 Å². The molecule has 5 nitrogen and oxygen atoms in total.